The van der Waals surface area contributed by atoms with Gasteiger partial charge in [-0.15, -0.1) is 0 Å². The lowest BCUT2D eigenvalue weighted by Crippen LogP contribution is -2.29. The van der Waals surface area contributed by atoms with E-state index in [0.29, 0.717) is 12.2 Å². The molecule has 0 bridgehead atoms. The fourth-order valence-corrected chi connectivity index (χ4v) is 4.68. The molecular weight excluding hydrogens is 476 g/mol. The highest BCUT2D eigenvalue weighted by Crippen LogP contribution is 2.41. The minimum atomic E-state index is -0.731. The molecule has 1 aliphatic heterocycles. The summed E-state index contributed by atoms with van der Waals surface area (Å²) in [5.41, 5.74) is 4.06. The van der Waals surface area contributed by atoms with Crippen LogP contribution in [0, 0.1) is 6.92 Å². The molecule has 1 saturated heterocycles. The van der Waals surface area contributed by atoms with Gasteiger partial charge in [-0.1, -0.05) is 64.4 Å². The third-order valence-electron chi connectivity index (χ3n) is 6.91. The second kappa shape index (κ2) is 11.2. The highest BCUT2D eigenvalue weighted by atomic mass is 16.5. The summed E-state index contributed by atoms with van der Waals surface area (Å²) in [6, 6.07) is 16.2. The van der Waals surface area contributed by atoms with Crippen LogP contribution >= 0.6 is 0 Å². The smallest absolute Gasteiger partial charge is 0.295 e. The molecule has 38 heavy (non-hydrogen) atoms. The lowest BCUT2D eigenvalue weighted by molar-refractivity contribution is -0.140. The predicted octanol–water partition coefficient (Wildman–Crippen LogP) is 6.49. The molecule has 0 aliphatic carbocycles. The molecule has 6 nitrogen and oxygen atoms in total. The van der Waals surface area contributed by atoms with Gasteiger partial charge in [-0.25, -0.2) is 0 Å². The van der Waals surface area contributed by atoms with Crippen molar-refractivity contribution >= 4 is 17.4 Å². The first-order valence-electron chi connectivity index (χ1n) is 13.1. The zero-order valence-corrected chi connectivity index (χ0v) is 22.8. The molecule has 0 radical (unpaired) electrons. The topological polar surface area (TPSA) is 79.7 Å². The number of likely N-dealkylation sites (tertiary alicyclic amines) is 1. The van der Waals surface area contributed by atoms with E-state index in [9.17, 15) is 14.7 Å². The van der Waals surface area contributed by atoms with E-state index in [2.05, 4.69) is 32.7 Å². The van der Waals surface area contributed by atoms with Gasteiger partial charge in [0.15, 0.2) is 0 Å². The first kappa shape index (κ1) is 27.1. The van der Waals surface area contributed by atoms with Gasteiger partial charge >= 0.3 is 0 Å². The molecule has 1 N–H and O–H groups in total. The third kappa shape index (κ3) is 5.64. The summed E-state index contributed by atoms with van der Waals surface area (Å²) in [5, 5.41) is 11.5. The van der Waals surface area contributed by atoms with Crippen LogP contribution < -0.4 is 4.74 Å². The predicted molar refractivity (Wildman–Crippen MR) is 149 cm³/mol. The van der Waals surface area contributed by atoms with Crippen molar-refractivity contribution in [3.63, 3.8) is 0 Å². The second-order valence-corrected chi connectivity index (χ2v) is 10.8. The number of carbonyl (C=O) groups is 2. The number of benzene rings is 2. The maximum absolute atomic E-state index is 13.4. The highest BCUT2D eigenvalue weighted by Gasteiger charge is 2.46. The van der Waals surface area contributed by atoms with E-state index in [1.807, 2.05) is 37.3 Å². The Hall–Kier alpha value is -3.93. The lowest BCUT2D eigenvalue weighted by Gasteiger charge is -2.26. The summed E-state index contributed by atoms with van der Waals surface area (Å²) in [6.07, 6.45) is 5.33. The van der Waals surface area contributed by atoms with E-state index >= 15 is 0 Å². The second-order valence-electron chi connectivity index (χ2n) is 10.8. The number of pyridine rings is 1. The zero-order chi connectivity index (χ0) is 27.4. The Kier molecular flexibility index (Phi) is 8.00. The van der Waals surface area contributed by atoms with E-state index in [1.54, 1.807) is 36.7 Å². The van der Waals surface area contributed by atoms with Crippen molar-refractivity contribution in [2.75, 3.05) is 6.61 Å². The third-order valence-corrected chi connectivity index (χ3v) is 6.91. The van der Waals surface area contributed by atoms with E-state index in [4.69, 9.17) is 4.74 Å². The van der Waals surface area contributed by atoms with Gasteiger partial charge in [-0.3, -0.25) is 14.6 Å². The summed E-state index contributed by atoms with van der Waals surface area (Å²) in [5.74, 6) is -0.791. The van der Waals surface area contributed by atoms with Crippen molar-refractivity contribution in [1.29, 1.82) is 0 Å². The van der Waals surface area contributed by atoms with Gasteiger partial charge in [0.2, 0.25) is 0 Å². The number of aryl methyl sites for hydroxylation is 1. The molecule has 1 atom stereocenters. The van der Waals surface area contributed by atoms with Gasteiger partial charge in [-0.05, 0) is 65.3 Å². The fraction of sp³-hybridized carbons (Fsp3) is 0.344. The van der Waals surface area contributed by atoms with Gasteiger partial charge in [0, 0.05) is 24.5 Å². The normalized spacial score (nSPS) is 17.2. The van der Waals surface area contributed by atoms with E-state index < -0.39 is 17.7 Å². The standard InChI is InChI=1S/C32H36N2O4/c1-6-7-17-38-26-15-12-24(18-21(26)2)29(35)27-28(23-10-13-25(14-11-23)32(3,4)5)34(31(37)30(27)36)20-22-9-8-16-33-19-22/h8-16,18-19,28,35H,6-7,17,20H2,1-5H3/t28-/m1/s1. The number of Topliss-reactive ketones (excluding diaryl/α,β-unsaturated/α-hetero) is 1. The molecule has 0 unspecified atom stereocenters. The van der Waals surface area contributed by atoms with Gasteiger partial charge in [-0.2, -0.15) is 0 Å². The number of aliphatic hydroxyl groups excluding tert-OH is 1. The molecule has 0 saturated carbocycles. The lowest BCUT2D eigenvalue weighted by atomic mass is 9.85. The van der Waals surface area contributed by atoms with Crippen molar-refractivity contribution < 1.29 is 19.4 Å². The number of rotatable bonds is 8. The maximum Gasteiger partial charge on any atom is 0.295 e. The Bertz CT molecular complexity index is 1340. The van der Waals surface area contributed by atoms with Gasteiger partial charge in [0.25, 0.3) is 11.7 Å². The van der Waals surface area contributed by atoms with Crippen molar-refractivity contribution in [1.82, 2.24) is 9.88 Å². The molecule has 6 heteroatoms. The van der Waals surface area contributed by atoms with E-state index in [0.717, 1.165) is 40.8 Å². The van der Waals surface area contributed by atoms with Crippen LogP contribution in [0.3, 0.4) is 0 Å². The Balaban J connectivity index is 1.79. The minimum absolute atomic E-state index is 0.0471. The Labute approximate surface area is 225 Å². The summed E-state index contributed by atoms with van der Waals surface area (Å²) in [6.45, 7) is 11.2. The highest BCUT2D eigenvalue weighted by molar-refractivity contribution is 6.46. The van der Waals surface area contributed by atoms with Gasteiger partial charge in [0.05, 0.1) is 18.2 Å². The van der Waals surface area contributed by atoms with E-state index in [1.165, 1.54) is 4.90 Å². The molecule has 3 aromatic rings. The molecule has 2 heterocycles. The van der Waals surface area contributed by atoms with Crippen molar-refractivity contribution in [2.45, 2.75) is 65.5 Å². The number of carbonyl (C=O) groups excluding carboxylic acids is 2. The molecule has 0 spiro atoms. The quantitative estimate of drug-likeness (QED) is 0.162. The number of amides is 1. The SMILES string of the molecule is CCCCOc1ccc(C(O)=C2C(=O)C(=O)N(Cc3cccnc3)[C@@H]2c2ccc(C(C)(C)C)cc2)cc1C. The van der Waals surface area contributed by atoms with Crippen molar-refractivity contribution in [3.05, 3.63) is 100 Å². The molecule has 2 aromatic carbocycles. The summed E-state index contributed by atoms with van der Waals surface area (Å²) in [7, 11) is 0. The van der Waals surface area contributed by atoms with Crippen molar-refractivity contribution in [3.8, 4) is 5.75 Å². The number of ether oxygens (including phenoxy) is 1. The average molecular weight is 513 g/mol. The van der Waals surface area contributed by atoms with Gasteiger partial charge < -0.3 is 14.7 Å². The summed E-state index contributed by atoms with van der Waals surface area (Å²) in [4.78, 5) is 32.4. The largest absolute Gasteiger partial charge is 0.507 e. The number of aliphatic hydroxyl groups is 1. The molecule has 1 aliphatic rings. The van der Waals surface area contributed by atoms with Crippen molar-refractivity contribution in [2.24, 2.45) is 0 Å². The monoisotopic (exact) mass is 512 g/mol. The maximum atomic E-state index is 13.4. The molecule has 1 fully saturated rings. The summed E-state index contributed by atoms with van der Waals surface area (Å²) < 4.78 is 5.86. The number of hydrogen-bond acceptors (Lipinski definition) is 5. The molecule has 4 rings (SSSR count). The van der Waals surface area contributed by atoms with Crippen LogP contribution in [0.2, 0.25) is 0 Å². The Morgan fingerprint density at radius 3 is 2.42 bits per heavy atom. The fourth-order valence-electron chi connectivity index (χ4n) is 4.68. The van der Waals surface area contributed by atoms with Crippen LogP contribution in [0.1, 0.15) is 74.4 Å². The number of nitrogens with zero attached hydrogens (tertiary/aromatic N) is 2. The molecular formula is C32H36N2O4. The average Bonchev–Trinajstić information content (AvgIpc) is 3.14. The Morgan fingerprint density at radius 2 is 1.82 bits per heavy atom. The number of ketones is 1. The van der Waals surface area contributed by atoms with Crippen LogP contribution in [0.15, 0.2) is 72.6 Å². The first-order valence-corrected chi connectivity index (χ1v) is 13.1. The first-order chi connectivity index (χ1) is 18.1. The van der Waals surface area contributed by atoms with Gasteiger partial charge in [0.1, 0.15) is 11.5 Å². The number of hydrogen-bond donors (Lipinski definition) is 1. The number of aromatic nitrogens is 1. The van der Waals surface area contributed by atoms with Crippen LogP contribution in [0.25, 0.3) is 5.76 Å². The molecule has 1 aromatic heterocycles. The molecule has 198 valence electrons. The zero-order valence-electron chi connectivity index (χ0n) is 22.8. The molecule has 1 amide bonds. The van der Waals surface area contributed by atoms with Crippen LogP contribution in [0.4, 0.5) is 0 Å². The number of unbranched alkanes of at least 4 members (excludes halogenated alkanes) is 1. The van der Waals surface area contributed by atoms with Crippen LogP contribution in [0.5, 0.6) is 5.75 Å². The Morgan fingerprint density at radius 1 is 1.08 bits per heavy atom. The minimum Gasteiger partial charge on any atom is -0.507 e. The van der Waals surface area contributed by atoms with Crippen LogP contribution in [-0.4, -0.2) is 33.3 Å². The summed E-state index contributed by atoms with van der Waals surface area (Å²) >= 11 is 0. The van der Waals surface area contributed by atoms with Crippen LogP contribution in [-0.2, 0) is 21.5 Å². The van der Waals surface area contributed by atoms with E-state index in [-0.39, 0.29) is 23.3 Å².